The maximum absolute atomic E-state index is 6.81. The largest absolute Gasteiger partial charge is 0.455 e. The first-order chi connectivity index (χ1) is 50.0. The van der Waals surface area contributed by atoms with Gasteiger partial charge in [0, 0.05) is 110 Å². The number of hydrogen-bond donors (Lipinski definition) is 0. The van der Waals surface area contributed by atoms with Gasteiger partial charge in [0.2, 0.25) is 0 Å². The van der Waals surface area contributed by atoms with Crippen molar-refractivity contribution in [2.24, 2.45) is 0 Å². The summed E-state index contributed by atoms with van der Waals surface area (Å²) in [6.45, 7) is 0. The molecule has 0 radical (unpaired) electrons. The minimum Gasteiger partial charge on any atom is -0.455 e. The number of para-hydroxylation sites is 4. The van der Waals surface area contributed by atoms with Crippen LogP contribution >= 0.6 is 11.3 Å². The number of thiophene rings is 1. The molecule has 8 aromatic heterocycles. The first-order valence-corrected chi connectivity index (χ1v) is 34.3. The number of nitrogens with zero attached hydrogens (tertiary/aromatic N) is 9. The van der Waals surface area contributed by atoms with Crippen LogP contribution in [0.2, 0.25) is 0 Å². The number of pyridine rings is 1. The van der Waals surface area contributed by atoms with Gasteiger partial charge >= 0.3 is 0 Å². The molecule has 13 aromatic carbocycles. The lowest BCUT2D eigenvalue weighted by Crippen LogP contribution is -2.00. The zero-order chi connectivity index (χ0) is 66.5. The normalized spacial score (nSPS) is 11.8. The van der Waals surface area contributed by atoms with Gasteiger partial charge in [-0.15, -0.1) is 11.3 Å². The Morgan fingerprint density at radius 3 is 1.20 bits per heavy atom. The second-order valence-electron chi connectivity index (χ2n) is 25.2. The summed E-state index contributed by atoms with van der Waals surface area (Å²) in [5.74, 6) is 3.58. The highest BCUT2D eigenvalue weighted by Crippen LogP contribution is 2.45. The van der Waals surface area contributed by atoms with Crippen LogP contribution in [0.4, 0.5) is 0 Å². The third-order valence-electron chi connectivity index (χ3n) is 19.2. The van der Waals surface area contributed by atoms with E-state index < -0.39 is 0 Å². The molecule has 12 heteroatoms. The SMILES string of the molecule is c1ccc(-c2cccc(-c3nc(-c4cccnc4)nc(-c4ccc5c(c4)oc4c5ccc5c4c4ccccc4n5-c4ccccc4)n3)c2)cc1.c1ccc(-c2nc(-c3ccc4c(c3)oc3c4ccc4c3c3ccccc3n4-c3ccccc3)nc(-c3ccc4sc5ccccc5c4c3)n2)cc1. The maximum Gasteiger partial charge on any atom is 0.165 e. The van der Waals surface area contributed by atoms with Crippen molar-refractivity contribution in [3.05, 3.63) is 322 Å². The standard InChI is InChI=1S/C45H26N4OS.C44H27N5O/c1-3-11-27(12-4-1)43-46-44(28-20-24-40-35(25-28)32-15-8-10-18-39(32)51-40)48-45(47-43)29-19-21-31-33-22-23-37-41(42(33)50-38(31)26-29)34-16-7-9-17-36(34)49(37)30-13-5-2-6-14-30;1-3-11-28(12-4-1)29-13-9-14-30(25-29)42-46-43(48-44(47-42)32-15-10-24-45-27-32)31-20-21-34-35-22-23-38-40(41(35)50-39(34)26-31)36-18-7-8-19-37(36)49(38)33-16-5-2-6-17-33/h1-26H;1-27H. The molecule has 11 nitrogen and oxygen atoms in total. The fraction of sp³-hybridized carbons (Fsp3) is 0. The van der Waals surface area contributed by atoms with Crippen LogP contribution in [0.25, 0.3) is 198 Å². The van der Waals surface area contributed by atoms with E-state index in [9.17, 15) is 0 Å². The monoisotopic (exact) mass is 1310 g/mol. The zero-order valence-corrected chi connectivity index (χ0v) is 54.7. The van der Waals surface area contributed by atoms with Crippen molar-refractivity contribution in [1.29, 1.82) is 0 Å². The quantitative estimate of drug-likeness (QED) is 0.139. The summed E-state index contributed by atoms with van der Waals surface area (Å²) in [7, 11) is 0. The fourth-order valence-corrected chi connectivity index (χ4v) is 15.6. The molecule has 101 heavy (non-hydrogen) atoms. The maximum atomic E-state index is 6.81. The van der Waals surface area contributed by atoms with Crippen LogP contribution in [-0.2, 0) is 0 Å². The van der Waals surface area contributed by atoms with Gasteiger partial charge in [0.15, 0.2) is 34.9 Å². The summed E-state index contributed by atoms with van der Waals surface area (Å²) in [5.41, 5.74) is 17.6. The number of rotatable bonds is 9. The van der Waals surface area contributed by atoms with Gasteiger partial charge in [-0.05, 0) is 139 Å². The summed E-state index contributed by atoms with van der Waals surface area (Å²) in [4.78, 5) is 34.4. The first-order valence-electron chi connectivity index (χ1n) is 33.5. The van der Waals surface area contributed by atoms with Crippen molar-refractivity contribution < 1.29 is 8.83 Å². The molecule has 0 amide bonds. The lowest BCUT2D eigenvalue weighted by molar-refractivity contribution is 0.672. The topological polar surface area (TPSA) is 126 Å². The van der Waals surface area contributed by atoms with Gasteiger partial charge in [-0.3, -0.25) is 4.98 Å². The summed E-state index contributed by atoms with van der Waals surface area (Å²) in [6, 6.07) is 107. The van der Waals surface area contributed by atoms with Gasteiger partial charge in [-0.1, -0.05) is 182 Å². The van der Waals surface area contributed by atoms with E-state index in [0.29, 0.717) is 34.9 Å². The van der Waals surface area contributed by atoms with E-state index in [1.54, 1.807) is 23.7 Å². The van der Waals surface area contributed by atoms with Crippen LogP contribution in [0.3, 0.4) is 0 Å². The molecule has 0 bridgehead atoms. The smallest absolute Gasteiger partial charge is 0.165 e. The van der Waals surface area contributed by atoms with Gasteiger partial charge < -0.3 is 18.0 Å². The first kappa shape index (κ1) is 57.7. The van der Waals surface area contributed by atoms with Crippen molar-refractivity contribution >= 4 is 119 Å². The molecule has 0 saturated carbocycles. The van der Waals surface area contributed by atoms with Gasteiger partial charge in [0.1, 0.15) is 22.3 Å². The molecule has 472 valence electrons. The lowest BCUT2D eigenvalue weighted by Gasteiger charge is -2.09. The van der Waals surface area contributed by atoms with Crippen molar-refractivity contribution in [2.75, 3.05) is 0 Å². The molecule has 8 heterocycles. The molecular weight excluding hydrogens is 1260 g/mol. The Balaban J connectivity index is 0.000000136. The lowest BCUT2D eigenvalue weighted by atomic mass is 10.0. The van der Waals surface area contributed by atoms with Gasteiger partial charge in [0.05, 0.1) is 32.8 Å². The van der Waals surface area contributed by atoms with E-state index in [0.717, 1.165) is 143 Å². The molecule has 0 atom stereocenters. The molecular formula is C89H53N9O2S. The fourth-order valence-electron chi connectivity index (χ4n) is 14.5. The predicted molar refractivity (Wildman–Crippen MR) is 412 cm³/mol. The van der Waals surface area contributed by atoms with Crippen LogP contribution in [0, 0.1) is 0 Å². The number of fused-ring (bicyclic) bond motifs is 17. The molecule has 21 rings (SSSR count). The van der Waals surface area contributed by atoms with Crippen LogP contribution in [0.5, 0.6) is 0 Å². The zero-order valence-electron chi connectivity index (χ0n) is 53.8. The third kappa shape index (κ3) is 9.83. The highest BCUT2D eigenvalue weighted by atomic mass is 32.1. The Bertz CT molecular complexity index is 6830. The van der Waals surface area contributed by atoms with E-state index in [1.807, 2.05) is 84.9 Å². The minimum absolute atomic E-state index is 0.559. The number of benzene rings is 13. The Hall–Kier alpha value is -13.6. The molecule has 0 fully saturated rings. The molecule has 0 saturated heterocycles. The van der Waals surface area contributed by atoms with E-state index in [4.69, 9.17) is 38.7 Å². The summed E-state index contributed by atoms with van der Waals surface area (Å²) in [5, 5.41) is 11.2. The third-order valence-corrected chi connectivity index (χ3v) is 20.3. The molecule has 0 spiro atoms. The number of furan rings is 2. The van der Waals surface area contributed by atoms with Gasteiger partial charge in [-0.2, -0.15) is 0 Å². The molecule has 0 unspecified atom stereocenters. The predicted octanol–water partition coefficient (Wildman–Crippen LogP) is 23.2. The van der Waals surface area contributed by atoms with Gasteiger partial charge in [0.25, 0.3) is 0 Å². The van der Waals surface area contributed by atoms with Crippen LogP contribution in [0.1, 0.15) is 0 Å². The Kier molecular flexibility index (Phi) is 13.5. The molecule has 0 aliphatic carbocycles. The van der Waals surface area contributed by atoms with Gasteiger partial charge in [-0.25, -0.2) is 29.9 Å². The highest BCUT2D eigenvalue weighted by molar-refractivity contribution is 7.25. The van der Waals surface area contributed by atoms with Crippen molar-refractivity contribution in [1.82, 2.24) is 44.0 Å². The van der Waals surface area contributed by atoms with E-state index >= 15 is 0 Å². The average molecular weight is 1310 g/mol. The summed E-state index contributed by atoms with van der Waals surface area (Å²) < 4.78 is 20.7. The highest BCUT2D eigenvalue weighted by Gasteiger charge is 2.23. The Labute approximate surface area is 580 Å². The van der Waals surface area contributed by atoms with E-state index in [-0.39, 0.29) is 0 Å². The second-order valence-corrected chi connectivity index (χ2v) is 26.2. The van der Waals surface area contributed by atoms with Crippen LogP contribution in [0.15, 0.2) is 331 Å². The van der Waals surface area contributed by atoms with Crippen molar-refractivity contribution in [2.45, 2.75) is 0 Å². The van der Waals surface area contributed by atoms with Crippen molar-refractivity contribution in [3.8, 4) is 90.8 Å². The molecule has 0 N–H and O–H groups in total. The average Bonchev–Trinajstić information content (AvgIpc) is 1.57. The van der Waals surface area contributed by atoms with Crippen LogP contribution in [-0.4, -0.2) is 44.0 Å². The Morgan fingerprint density at radius 2 is 0.653 bits per heavy atom. The summed E-state index contributed by atoms with van der Waals surface area (Å²) in [6.07, 6.45) is 3.53. The molecule has 0 aliphatic heterocycles. The summed E-state index contributed by atoms with van der Waals surface area (Å²) >= 11 is 1.80. The van der Waals surface area contributed by atoms with E-state index in [2.05, 4.69) is 239 Å². The number of aromatic nitrogens is 9. The number of hydrogen-bond acceptors (Lipinski definition) is 10. The van der Waals surface area contributed by atoms with Crippen molar-refractivity contribution in [3.63, 3.8) is 0 Å². The molecule has 21 aromatic rings. The second kappa shape index (κ2) is 23.6. The van der Waals surface area contributed by atoms with E-state index in [1.165, 1.54) is 20.2 Å². The minimum atomic E-state index is 0.559. The Morgan fingerprint density at radius 1 is 0.248 bits per heavy atom. The van der Waals surface area contributed by atoms with Crippen LogP contribution < -0.4 is 0 Å². The molecule has 0 aliphatic rings.